The Morgan fingerprint density at radius 1 is 0.943 bits per heavy atom. The third-order valence-electron chi connectivity index (χ3n) is 5.23. The summed E-state index contributed by atoms with van der Waals surface area (Å²) in [6.45, 7) is 4.53. The molecule has 0 aliphatic carbocycles. The molecule has 1 amide bonds. The van der Waals surface area contributed by atoms with E-state index in [2.05, 4.69) is 6.58 Å². The first-order valence-corrected chi connectivity index (χ1v) is 12.3. The Bertz CT molecular complexity index is 1260. The molecule has 0 spiro atoms. The van der Waals surface area contributed by atoms with Crippen LogP contribution in [0.2, 0.25) is 0 Å². The fraction of sp³-hybridized carbons (Fsp3) is 0.143. The zero-order valence-corrected chi connectivity index (χ0v) is 20.9. The van der Waals surface area contributed by atoms with E-state index in [9.17, 15) is 4.79 Å². The number of amides is 1. The lowest BCUT2D eigenvalue weighted by Gasteiger charge is -2.14. The van der Waals surface area contributed by atoms with Crippen molar-refractivity contribution < 1.29 is 19.0 Å². The lowest BCUT2D eigenvalue weighted by Crippen LogP contribution is -2.27. The van der Waals surface area contributed by atoms with E-state index in [0.29, 0.717) is 33.9 Å². The van der Waals surface area contributed by atoms with Crippen molar-refractivity contribution in [3.63, 3.8) is 0 Å². The van der Waals surface area contributed by atoms with Crippen LogP contribution in [0.5, 0.6) is 17.2 Å². The van der Waals surface area contributed by atoms with Crippen LogP contribution in [0, 0.1) is 0 Å². The highest BCUT2D eigenvalue weighted by atomic mass is 32.2. The molecule has 0 saturated carbocycles. The molecule has 0 bridgehead atoms. The number of carbonyl (C=O) groups excluding carboxylic acids is 1. The number of ether oxygens (including phenoxy) is 3. The van der Waals surface area contributed by atoms with Gasteiger partial charge in [-0.3, -0.25) is 9.69 Å². The second-order valence-corrected chi connectivity index (χ2v) is 9.24. The minimum absolute atomic E-state index is 0.139. The van der Waals surface area contributed by atoms with E-state index in [0.717, 1.165) is 29.0 Å². The molecule has 3 aromatic rings. The number of carbonyl (C=O) groups is 1. The average Bonchev–Trinajstić information content (AvgIpc) is 3.16. The Morgan fingerprint density at radius 2 is 1.66 bits per heavy atom. The summed E-state index contributed by atoms with van der Waals surface area (Å²) in [5.74, 6) is 1.86. The second-order valence-electron chi connectivity index (χ2n) is 7.56. The number of thioether (sulfide) groups is 1. The molecule has 0 aromatic heterocycles. The van der Waals surface area contributed by atoms with Crippen molar-refractivity contribution in [2.24, 2.45) is 0 Å². The zero-order chi connectivity index (χ0) is 24.6. The maximum atomic E-state index is 13.0. The third-order valence-corrected chi connectivity index (χ3v) is 6.53. The molecule has 4 rings (SSSR count). The number of nitrogens with zero attached hydrogens (tertiary/aromatic N) is 1. The number of thiocarbonyl (C=S) groups is 1. The van der Waals surface area contributed by atoms with Crippen LogP contribution >= 0.6 is 24.0 Å². The summed E-state index contributed by atoms with van der Waals surface area (Å²) in [5.41, 5.74) is 2.66. The van der Waals surface area contributed by atoms with Gasteiger partial charge in [-0.25, -0.2) is 0 Å². The summed E-state index contributed by atoms with van der Waals surface area (Å²) >= 11 is 6.73. The fourth-order valence-electron chi connectivity index (χ4n) is 3.58. The van der Waals surface area contributed by atoms with E-state index in [1.165, 1.54) is 11.8 Å². The van der Waals surface area contributed by atoms with Gasteiger partial charge < -0.3 is 14.2 Å². The smallest absolute Gasteiger partial charge is 0.270 e. The highest BCUT2D eigenvalue weighted by molar-refractivity contribution is 8.27. The summed E-state index contributed by atoms with van der Waals surface area (Å²) in [5, 5.41) is 0. The van der Waals surface area contributed by atoms with Crippen molar-refractivity contribution in [2.75, 3.05) is 25.2 Å². The molecule has 1 heterocycles. The molecule has 0 unspecified atom stereocenters. The van der Waals surface area contributed by atoms with Gasteiger partial charge in [-0.2, -0.15) is 0 Å². The number of allylic oxidation sites excluding steroid dienone is 1. The van der Waals surface area contributed by atoms with Gasteiger partial charge in [0.1, 0.15) is 19.0 Å². The Balaban J connectivity index is 1.40. The van der Waals surface area contributed by atoms with E-state index in [1.54, 1.807) is 12.0 Å². The maximum Gasteiger partial charge on any atom is 0.270 e. The van der Waals surface area contributed by atoms with Gasteiger partial charge in [-0.1, -0.05) is 72.5 Å². The van der Waals surface area contributed by atoms with E-state index in [4.69, 9.17) is 26.4 Å². The number of benzene rings is 3. The van der Waals surface area contributed by atoms with Crippen molar-refractivity contribution in [3.8, 4) is 17.2 Å². The normalized spacial score (nSPS) is 14.3. The van der Waals surface area contributed by atoms with Crippen LogP contribution in [0.1, 0.15) is 11.1 Å². The van der Waals surface area contributed by atoms with Gasteiger partial charge in [0.25, 0.3) is 5.91 Å². The second kappa shape index (κ2) is 11.7. The molecule has 35 heavy (non-hydrogen) atoms. The van der Waals surface area contributed by atoms with Crippen molar-refractivity contribution in [2.45, 2.75) is 6.42 Å². The van der Waals surface area contributed by atoms with Crippen LogP contribution in [0.15, 0.2) is 90.4 Å². The van der Waals surface area contributed by atoms with Crippen LogP contribution in [-0.2, 0) is 11.2 Å². The van der Waals surface area contributed by atoms with Crippen LogP contribution in [0.3, 0.4) is 0 Å². The van der Waals surface area contributed by atoms with E-state index in [-0.39, 0.29) is 5.91 Å². The van der Waals surface area contributed by atoms with Crippen LogP contribution in [-0.4, -0.2) is 30.6 Å². The van der Waals surface area contributed by atoms with Gasteiger partial charge >= 0.3 is 0 Å². The van der Waals surface area contributed by atoms with Crippen molar-refractivity contribution in [1.29, 1.82) is 0 Å². The standard InChI is InChI=1S/C28H25NO4S2/c1-3-9-21-10-7-8-13-23(21)32-16-17-33-24-15-14-20(18-25(24)31-2)19-26-27(30)29(28(34)35-26)22-11-5-4-6-12-22/h3-8,10-15,18-19H,1,9,16-17H2,2H3. The van der Waals surface area contributed by atoms with Crippen molar-refractivity contribution in [1.82, 2.24) is 0 Å². The molecule has 0 radical (unpaired) electrons. The average molecular weight is 504 g/mol. The van der Waals surface area contributed by atoms with Crippen molar-refractivity contribution >= 4 is 46.0 Å². The highest BCUT2D eigenvalue weighted by Gasteiger charge is 2.33. The summed E-state index contributed by atoms with van der Waals surface area (Å²) in [6, 6.07) is 22.8. The summed E-state index contributed by atoms with van der Waals surface area (Å²) < 4.78 is 17.8. The van der Waals surface area contributed by atoms with Gasteiger partial charge in [0.15, 0.2) is 15.8 Å². The molecule has 1 aliphatic rings. The van der Waals surface area contributed by atoms with Crippen LogP contribution < -0.4 is 19.1 Å². The SMILES string of the molecule is C=CCc1ccccc1OCCOc1ccc(C=C2SC(=S)N(c3ccccc3)C2=O)cc1OC. The predicted octanol–water partition coefficient (Wildman–Crippen LogP) is 6.29. The van der Waals surface area contributed by atoms with E-state index in [1.807, 2.05) is 84.9 Å². The number of hydrogen-bond donors (Lipinski definition) is 0. The molecule has 5 nitrogen and oxygen atoms in total. The molecule has 0 N–H and O–H groups in total. The van der Waals surface area contributed by atoms with Crippen molar-refractivity contribution in [3.05, 3.63) is 101 Å². The van der Waals surface area contributed by atoms with Crippen LogP contribution in [0.25, 0.3) is 6.08 Å². The molecule has 178 valence electrons. The van der Waals surface area contributed by atoms with E-state index >= 15 is 0 Å². The van der Waals surface area contributed by atoms with Crippen LogP contribution in [0.4, 0.5) is 5.69 Å². The minimum atomic E-state index is -0.139. The number of para-hydroxylation sites is 2. The number of anilines is 1. The predicted molar refractivity (Wildman–Crippen MR) is 146 cm³/mol. The fourth-order valence-corrected chi connectivity index (χ4v) is 4.88. The molecule has 7 heteroatoms. The van der Waals surface area contributed by atoms with Gasteiger partial charge in [0.2, 0.25) is 0 Å². The van der Waals surface area contributed by atoms with Gasteiger partial charge in [-0.05, 0) is 54.0 Å². The lowest BCUT2D eigenvalue weighted by molar-refractivity contribution is -0.113. The molecule has 1 aliphatic heterocycles. The molecule has 1 fully saturated rings. The summed E-state index contributed by atoms with van der Waals surface area (Å²) in [6.07, 6.45) is 4.41. The zero-order valence-electron chi connectivity index (χ0n) is 19.3. The number of rotatable bonds is 10. The molecular formula is C28H25NO4S2. The molecule has 1 saturated heterocycles. The third kappa shape index (κ3) is 5.93. The molecular weight excluding hydrogens is 478 g/mol. The van der Waals surface area contributed by atoms with E-state index < -0.39 is 0 Å². The Kier molecular flexibility index (Phi) is 8.23. The monoisotopic (exact) mass is 503 g/mol. The molecule has 0 atom stereocenters. The Hall–Kier alpha value is -3.55. The maximum absolute atomic E-state index is 13.0. The Morgan fingerprint density at radius 3 is 2.40 bits per heavy atom. The highest BCUT2D eigenvalue weighted by Crippen LogP contribution is 2.37. The minimum Gasteiger partial charge on any atom is -0.493 e. The summed E-state index contributed by atoms with van der Waals surface area (Å²) in [4.78, 5) is 15.1. The topological polar surface area (TPSA) is 48.0 Å². The first kappa shape index (κ1) is 24.6. The van der Waals surface area contributed by atoms with Gasteiger partial charge in [-0.15, -0.1) is 6.58 Å². The largest absolute Gasteiger partial charge is 0.493 e. The number of methoxy groups -OCH3 is 1. The van der Waals surface area contributed by atoms with Gasteiger partial charge in [0.05, 0.1) is 17.7 Å². The lowest BCUT2D eigenvalue weighted by atomic mass is 10.1. The first-order valence-electron chi connectivity index (χ1n) is 11.1. The summed E-state index contributed by atoms with van der Waals surface area (Å²) in [7, 11) is 1.59. The number of hydrogen-bond acceptors (Lipinski definition) is 6. The molecule has 3 aromatic carbocycles. The Labute approximate surface area is 215 Å². The van der Waals surface area contributed by atoms with Gasteiger partial charge in [0, 0.05) is 0 Å². The quantitative estimate of drug-likeness (QED) is 0.140. The first-order chi connectivity index (χ1) is 17.1.